The molecule has 0 fully saturated rings. The Labute approximate surface area is 173 Å². The molecular formula is C18H44O4Si5. The van der Waals surface area contributed by atoms with Crippen molar-refractivity contribution in [2.45, 2.75) is 91.4 Å². The highest BCUT2D eigenvalue weighted by Crippen LogP contribution is 2.38. The Morgan fingerprint density at radius 2 is 1.15 bits per heavy atom. The van der Waals surface area contributed by atoms with Gasteiger partial charge >= 0.3 is 5.97 Å². The normalized spacial score (nSPS) is 14.2. The second kappa shape index (κ2) is 9.35. The van der Waals surface area contributed by atoms with Crippen LogP contribution in [0.5, 0.6) is 0 Å². The van der Waals surface area contributed by atoms with Crippen LogP contribution in [0.1, 0.15) is 13.3 Å². The summed E-state index contributed by atoms with van der Waals surface area (Å²) in [6.45, 7) is 31.7. The zero-order valence-electron chi connectivity index (χ0n) is 20.0. The zero-order chi connectivity index (χ0) is 21.9. The summed E-state index contributed by atoms with van der Waals surface area (Å²) in [6.07, 6.45) is 0.888. The van der Waals surface area contributed by atoms with Gasteiger partial charge in [-0.15, -0.1) is 0 Å². The molecule has 0 bridgehead atoms. The summed E-state index contributed by atoms with van der Waals surface area (Å²) < 4.78 is 19.2. The Bertz CT molecular complexity index is 505. The second-order valence-corrected chi connectivity index (χ2v) is 45.4. The third-order valence-electron chi connectivity index (χ3n) is 5.18. The lowest BCUT2D eigenvalue weighted by molar-refractivity contribution is -0.138. The van der Waals surface area contributed by atoms with Crippen LogP contribution in [0, 0.1) is 0 Å². The monoisotopic (exact) mass is 464 g/mol. The van der Waals surface area contributed by atoms with Gasteiger partial charge in [-0.1, -0.05) is 19.2 Å². The Balaban J connectivity index is 5.61. The van der Waals surface area contributed by atoms with Crippen molar-refractivity contribution in [3.05, 3.63) is 12.2 Å². The lowest BCUT2D eigenvalue weighted by Crippen LogP contribution is -2.76. The van der Waals surface area contributed by atoms with Crippen LogP contribution in [0.15, 0.2) is 12.2 Å². The van der Waals surface area contributed by atoms with Crippen LogP contribution in [-0.2, 0) is 17.8 Å². The highest BCUT2D eigenvalue weighted by atomic mass is 29.7. The van der Waals surface area contributed by atoms with Crippen molar-refractivity contribution in [1.29, 1.82) is 0 Å². The minimum absolute atomic E-state index is 0.289. The molecular weight excluding hydrogens is 421 g/mol. The van der Waals surface area contributed by atoms with Crippen LogP contribution in [0.25, 0.3) is 0 Å². The van der Waals surface area contributed by atoms with E-state index in [-0.39, 0.29) is 5.97 Å². The van der Waals surface area contributed by atoms with E-state index in [1.165, 1.54) is 0 Å². The summed E-state index contributed by atoms with van der Waals surface area (Å²) in [5, 5.41) is 0. The van der Waals surface area contributed by atoms with Gasteiger partial charge in [0.2, 0.25) is 0 Å². The number of ether oxygens (including phenoxy) is 1. The van der Waals surface area contributed by atoms with Gasteiger partial charge in [-0.05, 0) is 78.8 Å². The Hall–Kier alpha value is 0.214. The van der Waals surface area contributed by atoms with E-state index < -0.39 is 39.4 Å². The van der Waals surface area contributed by atoms with E-state index >= 15 is 0 Å². The van der Waals surface area contributed by atoms with Crippen LogP contribution >= 0.6 is 0 Å². The molecule has 0 spiro atoms. The van der Waals surface area contributed by atoms with Gasteiger partial charge in [-0.2, -0.15) is 0 Å². The minimum atomic E-state index is -1.93. The van der Waals surface area contributed by atoms with Crippen LogP contribution in [0.4, 0.5) is 0 Å². The van der Waals surface area contributed by atoms with Crippen molar-refractivity contribution in [3.63, 3.8) is 0 Å². The first-order valence-corrected chi connectivity index (χ1v) is 27.3. The van der Waals surface area contributed by atoms with Gasteiger partial charge in [0, 0.05) is 5.57 Å². The summed E-state index contributed by atoms with van der Waals surface area (Å²) >= 11 is 0. The summed E-state index contributed by atoms with van der Waals surface area (Å²) in [4.78, 5) is 11.7. The lowest BCUT2D eigenvalue weighted by atomic mass is 10.4. The van der Waals surface area contributed by atoms with Gasteiger partial charge in [0.1, 0.15) is 0 Å². The van der Waals surface area contributed by atoms with Crippen molar-refractivity contribution < 1.29 is 17.8 Å². The van der Waals surface area contributed by atoms with E-state index in [2.05, 4.69) is 78.6 Å². The lowest BCUT2D eigenvalue weighted by Gasteiger charge is -2.53. The Kier molecular flexibility index (Phi) is 9.43. The second-order valence-electron chi connectivity index (χ2n) is 10.8. The highest BCUT2D eigenvalue weighted by Gasteiger charge is 2.59. The fourth-order valence-corrected chi connectivity index (χ4v) is 55.7. The average Bonchev–Trinajstić information content (AvgIpc) is 2.36. The number of hydrogen-bond donors (Lipinski definition) is 0. The van der Waals surface area contributed by atoms with Crippen molar-refractivity contribution in [1.82, 2.24) is 0 Å². The molecule has 0 unspecified atom stereocenters. The van der Waals surface area contributed by atoms with Crippen molar-refractivity contribution in [3.8, 4) is 0 Å². The Morgan fingerprint density at radius 1 is 0.778 bits per heavy atom. The molecule has 0 aromatic heterocycles. The van der Waals surface area contributed by atoms with Crippen LogP contribution in [0.2, 0.25) is 78.1 Å². The maximum Gasteiger partial charge on any atom is 0.333 e. The Morgan fingerprint density at radius 3 is 1.44 bits per heavy atom. The average molecular weight is 465 g/mol. The molecule has 0 saturated heterocycles. The molecule has 0 atom stereocenters. The topological polar surface area (TPSA) is 44.8 Å². The maximum atomic E-state index is 11.7. The summed E-state index contributed by atoms with van der Waals surface area (Å²) in [5.74, 6) is -0.289. The van der Waals surface area contributed by atoms with Crippen molar-refractivity contribution in [2.24, 2.45) is 0 Å². The third-order valence-corrected chi connectivity index (χ3v) is 51.0. The molecule has 0 aromatic rings. The minimum Gasteiger partial charge on any atom is -0.462 e. The SMILES string of the molecule is C=C(C)C(=O)OCCC[Si](C)([Si](C)(C)O[Si](C)(C)C)[Si](C)(C)O[Si](C)(C)C. The summed E-state index contributed by atoms with van der Waals surface area (Å²) in [7, 11) is -8.97. The molecule has 0 saturated carbocycles. The zero-order valence-corrected chi connectivity index (χ0v) is 25.0. The van der Waals surface area contributed by atoms with Crippen molar-refractivity contribution >= 4 is 45.4 Å². The van der Waals surface area contributed by atoms with Gasteiger partial charge in [-0.3, -0.25) is 0 Å². The predicted octanol–water partition coefficient (Wildman–Crippen LogP) is 5.84. The van der Waals surface area contributed by atoms with E-state index in [0.29, 0.717) is 12.2 Å². The molecule has 0 aliphatic carbocycles. The molecule has 0 N–H and O–H groups in total. The first-order valence-electron chi connectivity index (χ1n) is 9.97. The third kappa shape index (κ3) is 8.63. The number of esters is 1. The molecule has 4 nitrogen and oxygen atoms in total. The quantitative estimate of drug-likeness (QED) is 0.167. The van der Waals surface area contributed by atoms with Crippen molar-refractivity contribution in [2.75, 3.05) is 6.61 Å². The maximum absolute atomic E-state index is 11.7. The smallest absolute Gasteiger partial charge is 0.333 e. The molecule has 0 radical (unpaired) electrons. The fourth-order valence-electron chi connectivity index (χ4n) is 3.80. The molecule has 0 amide bonds. The van der Waals surface area contributed by atoms with Gasteiger partial charge < -0.3 is 13.0 Å². The largest absolute Gasteiger partial charge is 0.462 e. The molecule has 160 valence electrons. The summed E-state index contributed by atoms with van der Waals surface area (Å²) in [5.41, 5.74) is 0.462. The molecule has 9 heteroatoms. The molecule has 0 aliphatic rings. The molecule has 27 heavy (non-hydrogen) atoms. The highest BCUT2D eigenvalue weighted by molar-refractivity contribution is 7.67. The van der Waals surface area contributed by atoms with E-state index in [4.69, 9.17) is 13.0 Å². The molecule has 0 aliphatic heterocycles. The number of rotatable bonds is 11. The van der Waals surface area contributed by atoms with E-state index in [9.17, 15) is 4.79 Å². The van der Waals surface area contributed by atoms with E-state index in [1.807, 2.05) is 0 Å². The number of carbonyl (C=O) groups excluding carboxylic acids is 1. The standard InChI is InChI=1S/C18H44O4Si5/c1-17(2)18(19)20-15-14-16-27(13,25(9,10)21-23(3,4)5)26(11,12)22-24(6,7)8/h1,14-16H2,2-13H3. The van der Waals surface area contributed by atoms with Crippen LogP contribution in [-0.4, -0.2) is 52.0 Å². The van der Waals surface area contributed by atoms with Gasteiger partial charge in [0.25, 0.3) is 0 Å². The van der Waals surface area contributed by atoms with E-state index in [0.717, 1.165) is 12.5 Å². The number of hydrogen-bond acceptors (Lipinski definition) is 4. The van der Waals surface area contributed by atoms with Gasteiger partial charge in [0.05, 0.1) is 13.7 Å². The first-order chi connectivity index (χ1) is 11.7. The fraction of sp³-hybridized carbons (Fsp3) is 0.833. The number of carbonyl (C=O) groups is 1. The summed E-state index contributed by atoms with van der Waals surface area (Å²) in [6, 6.07) is 1.10. The van der Waals surface area contributed by atoms with Gasteiger partial charge in [-0.25, -0.2) is 4.79 Å². The molecule has 0 aromatic carbocycles. The van der Waals surface area contributed by atoms with Crippen LogP contribution < -0.4 is 0 Å². The molecule has 0 heterocycles. The van der Waals surface area contributed by atoms with Crippen LogP contribution in [0.3, 0.4) is 0 Å². The predicted molar refractivity (Wildman–Crippen MR) is 131 cm³/mol. The molecule has 0 rings (SSSR count). The first kappa shape index (κ1) is 27.2. The van der Waals surface area contributed by atoms with Gasteiger partial charge in [0.15, 0.2) is 32.3 Å². The van der Waals surface area contributed by atoms with E-state index in [1.54, 1.807) is 6.92 Å².